The number of aryl methyl sites for hydroxylation is 2. The lowest BCUT2D eigenvalue weighted by Crippen LogP contribution is -2.02. The van der Waals surface area contributed by atoms with Gasteiger partial charge >= 0.3 is 0 Å². The summed E-state index contributed by atoms with van der Waals surface area (Å²) >= 11 is 1.56. The van der Waals surface area contributed by atoms with Crippen LogP contribution in [0, 0.1) is 13.8 Å². The summed E-state index contributed by atoms with van der Waals surface area (Å²) < 4.78 is 0. The van der Waals surface area contributed by atoms with Gasteiger partial charge in [0.05, 0.1) is 11.3 Å². The maximum atomic E-state index is 12.0. The summed E-state index contributed by atoms with van der Waals surface area (Å²) in [4.78, 5) is 18.2. The number of carbonyl (C=O) groups is 1. The van der Waals surface area contributed by atoms with E-state index in [9.17, 15) is 4.79 Å². The summed E-state index contributed by atoms with van der Waals surface area (Å²) in [6, 6.07) is 7.60. The summed E-state index contributed by atoms with van der Waals surface area (Å²) in [5.74, 6) is 0.153. The molecule has 0 aliphatic carbocycles. The summed E-state index contributed by atoms with van der Waals surface area (Å²) in [7, 11) is 0. The van der Waals surface area contributed by atoms with Crippen molar-refractivity contribution in [2.45, 2.75) is 20.3 Å². The average Bonchev–Trinajstić information content (AvgIpc) is 2.61. The van der Waals surface area contributed by atoms with Crippen molar-refractivity contribution >= 4 is 17.1 Å². The molecule has 0 aromatic carbocycles. The molecule has 0 N–H and O–H groups in total. The van der Waals surface area contributed by atoms with E-state index < -0.39 is 0 Å². The lowest BCUT2D eigenvalue weighted by atomic mass is 10.1. The SMILES string of the molecule is Cc1cc(C(=O)Cc2ccccn2)sc1C. The Hall–Kier alpha value is -1.48. The molecular weight excluding hydrogens is 218 g/mol. The van der Waals surface area contributed by atoms with Crippen LogP contribution in [-0.2, 0) is 6.42 Å². The minimum absolute atomic E-state index is 0.153. The molecule has 3 heteroatoms. The zero-order valence-corrected chi connectivity index (χ0v) is 10.2. The minimum atomic E-state index is 0.153. The molecule has 0 spiro atoms. The molecule has 82 valence electrons. The number of hydrogen-bond acceptors (Lipinski definition) is 3. The van der Waals surface area contributed by atoms with Crippen LogP contribution in [0.1, 0.15) is 25.8 Å². The maximum absolute atomic E-state index is 12.0. The highest BCUT2D eigenvalue weighted by Gasteiger charge is 2.11. The van der Waals surface area contributed by atoms with Crippen LogP contribution in [0.5, 0.6) is 0 Å². The van der Waals surface area contributed by atoms with Gasteiger partial charge in [0, 0.05) is 16.8 Å². The smallest absolute Gasteiger partial charge is 0.178 e. The number of carbonyl (C=O) groups excluding carboxylic acids is 1. The fourth-order valence-electron chi connectivity index (χ4n) is 1.46. The van der Waals surface area contributed by atoms with E-state index in [1.165, 1.54) is 10.4 Å². The van der Waals surface area contributed by atoms with E-state index >= 15 is 0 Å². The molecule has 0 saturated carbocycles. The van der Waals surface area contributed by atoms with Gasteiger partial charge in [-0.1, -0.05) is 6.07 Å². The van der Waals surface area contributed by atoms with Gasteiger partial charge in [-0.3, -0.25) is 9.78 Å². The Morgan fingerprint density at radius 1 is 1.38 bits per heavy atom. The monoisotopic (exact) mass is 231 g/mol. The predicted molar refractivity (Wildman–Crippen MR) is 66.1 cm³/mol. The highest BCUT2D eigenvalue weighted by atomic mass is 32.1. The fourth-order valence-corrected chi connectivity index (χ4v) is 2.44. The number of pyridine rings is 1. The first-order valence-electron chi connectivity index (χ1n) is 5.17. The van der Waals surface area contributed by atoms with E-state index in [0.717, 1.165) is 10.6 Å². The largest absolute Gasteiger partial charge is 0.293 e. The summed E-state index contributed by atoms with van der Waals surface area (Å²) in [5.41, 5.74) is 2.02. The van der Waals surface area contributed by atoms with Crippen molar-refractivity contribution < 1.29 is 4.79 Å². The predicted octanol–water partition coefficient (Wildman–Crippen LogP) is 3.19. The van der Waals surface area contributed by atoms with E-state index in [0.29, 0.717) is 6.42 Å². The molecule has 0 saturated heterocycles. The standard InChI is InChI=1S/C13H13NOS/c1-9-7-13(16-10(9)2)12(15)8-11-5-3-4-6-14-11/h3-7H,8H2,1-2H3. The zero-order chi connectivity index (χ0) is 11.5. The van der Waals surface area contributed by atoms with E-state index in [-0.39, 0.29) is 5.78 Å². The molecule has 2 heterocycles. The van der Waals surface area contributed by atoms with Crippen molar-refractivity contribution in [3.63, 3.8) is 0 Å². The van der Waals surface area contributed by atoms with Crippen LogP contribution in [0.4, 0.5) is 0 Å². The number of Topliss-reactive ketones (excluding diaryl/α,β-unsaturated/α-hetero) is 1. The molecule has 0 bridgehead atoms. The van der Waals surface area contributed by atoms with Crippen LogP contribution in [0.15, 0.2) is 30.5 Å². The molecule has 2 aromatic rings. The number of ketones is 1. The Labute approximate surface area is 99.0 Å². The lowest BCUT2D eigenvalue weighted by Gasteiger charge is -1.97. The van der Waals surface area contributed by atoms with E-state index in [4.69, 9.17) is 0 Å². The molecule has 0 aliphatic heterocycles. The molecule has 2 nitrogen and oxygen atoms in total. The first-order chi connectivity index (χ1) is 7.66. The lowest BCUT2D eigenvalue weighted by molar-refractivity contribution is 0.0996. The van der Waals surface area contributed by atoms with Gasteiger partial charge in [-0.15, -0.1) is 11.3 Å². The quantitative estimate of drug-likeness (QED) is 0.759. The maximum Gasteiger partial charge on any atom is 0.178 e. The Kier molecular flexibility index (Phi) is 3.15. The van der Waals surface area contributed by atoms with Crippen LogP contribution in [0.3, 0.4) is 0 Å². The topological polar surface area (TPSA) is 30.0 Å². The molecule has 0 radical (unpaired) electrons. The van der Waals surface area contributed by atoms with Gasteiger partial charge in [0.2, 0.25) is 0 Å². The summed E-state index contributed by atoms with van der Waals surface area (Å²) in [6.07, 6.45) is 2.10. The third kappa shape index (κ3) is 2.36. The molecule has 2 rings (SSSR count). The van der Waals surface area contributed by atoms with Gasteiger partial charge in [-0.25, -0.2) is 0 Å². The Morgan fingerprint density at radius 2 is 2.19 bits per heavy atom. The van der Waals surface area contributed by atoms with Crippen LogP contribution < -0.4 is 0 Å². The van der Waals surface area contributed by atoms with Crippen LogP contribution in [0.25, 0.3) is 0 Å². The number of rotatable bonds is 3. The van der Waals surface area contributed by atoms with Crippen molar-refractivity contribution in [1.82, 2.24) is 4.98 Å². The third-order valence-corrected chi connectivity index (χ3v) is 3.70. The molecular formula is C13H13NOS. The van der Waals surface area contributed by atoms with E-state index in [1.54, 1.807) is 17.5 Å². The highest BCUT2D eigenvalue weighted by molar-refractivity contribution is 7.14. The van der Waals surface area contributed by atoms with Gasteiger partial charge in [-0.05, 0) is 37.6 Å². The number of thiophene rings is 1. The minimum Gasteiger partial charge on any atom is -0.293 e. The van der Waals surface area contributed by atoms with Gasteiger partial charge < -0.3 is 0 Å². The summed E-state index contributed by atoms with van der Waals surface area (Å²) in [6.45, 7) is 4.07. The molecule has 0 unspecified atom stereocenters. The van der Waals surface area contributed by atoms with Gasteiger partial charge in [0.25, 0.3) is 0 Å². The fraction of sp³-hybridized carbons (Fsp3) is 0.231. The number of aromatic nitrogens is 1. The molecule has 0 amide bonds. The molecule has 0 fully saturated rings. The molecule has 2 aromatic heterocycles. The van der Waals surface area contributed by atoms with Gasteiger partial charge in [0.15, 0.2) is 5.78 Å². The van der Waals surface area contributed by atoms with Crippen molar-refractivity contribution in [3.8, 4) is 0 Å². The normalized spacial score (nSPS) is 10.4. The Balaban J connectivity index is 2.15. The summed E-state index contributed by atoms with van der Waals surface area (Å²) in [5, 5.41) is 0. The average molecular weight is 231 g/mol. The zero-order valence-electron chi connectivity index (χ0n) is 9.36. The number of hydrogen-bond donors (Lipinski definition) is 0. The molecule has 16 heavy (non-hydrogen) atoms. The Morgan fingerprint density at radius 3 is 2.75 bits per heavy atom. The van der Waals surface area contributed by atoms with E-state index in [1.807, 2.05) is 38.1 Å². The van der Waals surface area contributed by atoms with Crippen molar-refractivity contribution in [2.75, 3.05) is 0 Å². The third-order valence-electron chi connectivity index (χ3n) is 2.51. The van der Waals surface area contributed by atoms with Gasteiger partial charge in [-0.2, -0.15) is 0 Å². The second kappa shape index (κ2) is 4.58. The highest BCUT2D eigenvalue weighted by Crippen LogP contribution is 2.21. The van der Waals surface area contributed by atoms with Crippen molar-refractivity contribution in [2.24, 2.45) is 0 Å². The second-order valence-corrected chi connectivity index (χ2v) is 5.03. The van der Waals surface area contributed by atoms with Crippen LogP contribution in [-0.4, -0.2) is 10.8 Å². The van der Waals surface area contributed by atoms with Gasteiger partial charge in [0.1, 0.15) is 0 Å². The van der Waals surface area contributed by atoms with E-state index in [2.05, 4.69) is 4.98 Å². The van der Waals surface area contributed by atoms with Crippen molar-refractivity contribution in [3.05, 3.63) is 51.5 Å². The Bertz CT molecular complexity index is 482. The van der Waals surface area contributed by atoms with Crippen molar-refractivity contribution in [1.29, 1.82) is 0 Å². The van der Waals surface area contributed by atoms with Crippen LogP contribution >= 0.6 is 11.3 Å². The second-order valence-electron chi connectivity index (χ2n) is 3.77. The first kappa shape index (κ1) is 11.0. The first-order valence-corrected chi connectivity index (χ1v) is 5.98. The number of nitrogens with zero attached hydrogens (tertiary/aromatic N) is 1. The van der Waals surface area contributed by atoms with Crippen LogP contribution in [0.2, 0.25) is 0 Å². The molecule has 0 atom stereocenters. The molecule has 0 aliphatic rings.